The Kier molecular flexibility index (Phi) is 8.63. The maximum Gasteiger partial charge on any atom is 0.343 e. The SMILES string of the molecule is CCCCCCCCOc1ncc(-c2ccc(OC(=O)C3OC3CCC)cc2)cn1. The van der Waals surface area contributed by atoms with Crippen LogP contribution in [0.5, 0.6) is 11.8 Å². The van der Waals surface area contributed by atoms with Crippen LogP contribution >= 0.6 is 0 Å². The highest BCUT2D eigenvalue weighted by atomic mass is 16.6. The molecule has 2 aromatic rings. The minimum absolute atomic E-state index is 0.0145. The summed E-state index contributed by atoms with van der Waals surface area (Å²) < 4.78 is 16.4. The number of carbonyl (C=O) groups excluding carboxylic acids is 1. The van der Waals surface area contributed by atoms with Crippen molar-refractivity contribution in [2.75, 3.05) is 6.61 Å². The molecule has 0 bridgehead atoms. The Bertz CT molecular complexity index is 777. The average Bonchev–Trinajstić information content (AvgIpc) is 3.54. The van der Waals surface area contributed by atoms with Crippen LogP contribution in [0.1, 0.15) is 65.2 Å². The van der Waals surface area contributed by atoms with Crippen LogP contribution in [0.4, 0.5) is 0 Å². The van der Waals surface area contributed by atoms with Gasteiger partial charge in [0, 0.05) is 18.0 Å². The molecule has 30 heavy (non-hydrogen) atoms. The zero-order valence-electron chi connectivity index (χ0n) is 18.0. The van der Waals surface area contributed by atoms with Gasteiger partial charge in [-0.15, -0.1) is 0 Å². The molecule has 1 saturated heterocycles. The van der Waals surface area contributed by atoms with Gasteiger partial charge in [-0.3, -0.25) is 0 Å². The van der Waals surface area contributed by atoms with E-state index in [1.165, 1.54) is 32.1 Å². The van der Waals surface area contributed by atoms with Crippen LogP contribution in [0.2, 0.25) is 0 Å². The Morgan fingerprint density at radius 2 is 1.63 bits per heavy atom. The van der Waals surface area contributed by atoms with E-state index in [1.54, 1.807) is 24.5 Å². The number of aromatic nitrogens is 2. The molecule has 0 saturated carbocycles. The van der Waals surface area contributed by atoms with Gasteiger partial charge in [0.2, 0.25) is 0 Å². The molecule has 6 heteroatoms. The number of carbonyl (C=O) groups is 1. The van der Waals surface area contributed by atoms with Gasteiger partial charge < -0.3 is 14.2 Å². The van der Waals surface area contributed by atoms with E-state index in [-0.39, 0.29) is 12.1 Å². The standard InChI is InChI=1S/C24H32N2O4/c1-3-5-6-7-8-9-15-28-24-25-16-19(17-26-24)18-11-13-20(14-12-18)29-23(27)22-21(30-22)10-4-2/h11-14,16-17,21-22H,3-10,15H2,1-2H3. The Balaban J connectivity index is 1.42. The molecule has 0 N–H and O–H groups in total. The van der Waals surface area contributed by atoms with Crippen LogP contribution in [0.15, 0.2) is 36.7 Å². The van der Waals surface area contributed by atoms with Gasteiger partial charge >= 0.3 is 12.0 Å². The third-order valence-electron chi connectivity index (χ3n) is 5.15. The van der Waals surface area contributed by atoms with Gasteiger partial charge in [0.05, 0.1) is 12.7 Å². The minimum atomic E-state index is -0.415. The quantitative estimate of drug-likeness (QED) is 0.191. The Hall–Kier alpha value is -2.47. The molecule has 1 aromatic carbocycles. The van der Waals surface area contributed by atoms with Gasteiger partial charge in [-0.05, 0) is 30.5 Å². The number of epoxide rings is 1. The predicted molar refractivity (Wildman–Crippen MR) is 116 cm³/mol. The van der Waals surface area contributed by atoms with Gasteiger partial charge in [-0.25, -0.2) is 14.8 Å². The number of benzene rings is 1. The molecular weight excluding hydrogens is 380 g/mol. The normalized spacial score (nSPS) is 17.5. The zero-order valence-corrected chi connectivity index (χ0v) is 18.0. The van der Waals surface area contributed by atoms with Crippen LogP contribution in [-0.4, -0.2) is 34.8 Å². The molecule has 6 nitrogen and oxygen atoms in total. The number of nitrogens with zero attached hydrogens (tertiary/aromatic N) is 2. The number of hydrogen-bond acceptors (Lipinski definition) is 6. The van der Waals surface area contributed by atoms with E-state index in [0.29, 0.717) is 18.4 Å². The zero-order chi connectivity index (χ0) is 21.2. The summed E-state index contributed by atoms with van der Waals surface area (Å²) in [5, 5.41) is 0. The molecule has 0 aliphatic carbocycles. The molecule has 1 aromatic heterocycles. The lowest BCUT2D eigenvalue weighted by Gasteiger charge is -2.07. The number of esters is 1. The fourth-order valence-electron chi connectivity index (χ4n) is 3.33. The smallest absolute Gasteiger partial charge is 0.343 e. The number of hydrogen-bond donors (Lipinski definition) is 0. The summed E-state index contributed by atoms with van der Waals surface area (Å²) in [7, 11) is 0. The van der Waals surface area contributed by atoms with Crippen molar-refractivity contribution in [3.05, 3.63) is 36.7 Å². The highest BCUT2D eigenvalue weighted by Gasteiger charge is 2.45. The van der Waals surface area contributed by atoms with Gasteiger partial charge in [0.15, 0.2) is 6.10 Å². The van der Waals surface area contributed by atoms with E-state index < -0.39 is 6.10 Å². The molecule has 0 spiro atoms. The van der Waals surface area contributed by atoms with Crippen molar-refractivity contribution >= 4 is 5.97 Å². The van der Waals surface area contributed by atoms with Gasteiger partial charge in [0.25, 0.3) is 0 Å². The van der Waals surface area contributed by atoms with E-state index in [4.69, 9.17) is 14.2 Å². The molecule has 1 aliphatic rings. The molecule has 1 fully saturated rings. The summed E-state index contributed by atoms with van der Waals surface area (Å²) in [6, 6.07) is 7.72. The maximum absolute atomic E-state index is 12.0. The van der Waals surface area contributed by atoms with Crippen molar-refractivity contribution < 1.29 is 19.0 Å². The monoisotopic (exact) mass is 412 g/mol. The van der Waals surface area contributed by atoms with Crippen LogP contribution in [0.25, 0.3) is 11.1 Å². The second kappa shape index (κ2) is 11.6. The first-order valence-corrected chi connectivity index (χ1v) is 11.1. The highest BCUT2D eigenvalue weighted by Crippen LogP contribution is 2.29. The molecule has 0 radical (unpaired) electrons. The second-order valence-corrected chi connectivity index (χ2v) is 7.70. The average molecular weight is 413 g/mol. The summed E-state index contributed by atoms with van der Waals surface area (Å²) in [6.07, 6.45) is 12.3. The van der Waals surface area contributed by atoms with E-state index in [2.05, 4.69) is 23.8 Å². The van der Waals surface area contributed by atoms with Crippen molar-refractivity contribution in [1.29, 1.82) is 0 Å². The third-order valence-corrected chi connectivity index (χ3v) is 5.15. The van der Waals surface area contributed by atoms with Crippen LogP contribution in [0, 0.1) is 0 Å². The van der Waals surface area contributed by atoms with E-state index in [0.717, 1.165) is 30.4 Å². The minimum Gasteiger partial charge on any atom is -0.463 e. The Labute approximate surface area is 179 Å². The van der Waals surface area contributed by atoms with Crippen molar-refractivity contribution in [2.45, 2.75) is 77.4 Å². The highest BCUT2D eigenvalue weighted by molar-refractivity contribution is 5.80. The molecule has 162 valence electrons. The molecule has 1 aliphatic heterocycles. The van der Waals surface area contributed by atoms with Crippen molar-refractivity contribution in [3.63, 3.8) is 0 Å². The van der Waals surface area contributed by atoms with Crippen LogP contribution < -0.4 is 9.47 Å². The first kappa shape index (κ1) is 22.2. The van der Waals surface area contributed by atoms with E-state index in [1.807, 2.05) is 12.1 Å². The molecule has 2 heterocycles. The Morgan fingerprint density at radius 3 is 2.33 bits per heavy atom. The first-order chi connectivity index (χ1) is 14.7. The topological polar surface area (TPSA) is 73.8 Å². The van der Waals surface area contributed by atoms with E-state index in [9.17, 15) is 4.79 Å². The first-order valence-electron chi connectivity index (χ1n) is 11.1. The summed E-state index contributed by atoms with van der Waals surface area (Å²) in [5.41, 5.74) is 1.83. The van der Waals surface area contributed by atoms with Crippen molar-refractivity contribution in [1.82, 2.24) is 9.97 Å². The lowest BCUT2D eigenvalue weighted by molar-refractivity contribution is -0.135. The molecule has 2 unspecified atom stereocenters. The summed E-state index contributed by atoms with van der Waals surface area (Å²) in [6.45, 7) is 4.94. The second-order valence-electron chi connectivity index (χ2n) is 7.70. The number of unbranched alkanes of at least 4 members (excludes halogenated alkanes) is 5. The third kappa shape index (κ3) is 6.80. The number of rotatable bonds is 13. The molecule has 0 amide bonds. The van der Waals surface area contributed by atoms with Gasteiger partial charge in [-0.2, -0.15) is 0 Å². The lowest BCUT2D eigenvalue weighted by atomic mass is 10.1. The van der Waals surface area contributed by atoms with E-state index >= 15 is 0 Å². The van der Waals surface area contributed by atoms with Crippen molar-refractivity contribution in [2.24, 2.45) is 0 Å². The van der Waals surface area contributed by atoms with Crippen molar-refractivity contribution in [3.8, 4) is 22.9 Å². The maximum atomic E-state index is 12.0. The summed E-state index contributed by atoms with van der Waals surface area (Å²) >= 11 is 0. The molecule has 3 rings (SSSR count). The van der Waals surface area contributed by atoms with Gasteiger partial charge in [0.1, 0.15) is 5.75 Å². The molecule has 2 atom stereocenters. The Morgan fingerprint density at radius 1 is 0.933 bits per heavy atom. The predicted octanol–water partition coefficient (Wildman–Crippen LogP) is 5.36. The van der Waals surface area contributed by atoms with Crippen LogP contribution in [0.3, 0.4) is 0 Å². The summed E-state index contributed by atoms with van der Waals surface area (Å²) in [5.74, 6) is 0.186. The van der Waals surface area contributed by atoms with Gasteiger partial charge in [-0.1, -0.05) is 64.5 Å². The summed E-state index contributed by atoms with van der Waals surface area (Å²) in [4.78, 5) is 20.6. The fourth-order valence-corrected chi connectivity index (χ4v) is 3.33. The fraction of sp³-hybridized carbons (Fsp3) is 0.542. The van der Waals surface area contributed by atoms with Crippen LogP contribution in [-0.2, 0) is 9.53 Å². The lowest BCUT2D eigenvalue weighted by Crippen LogP contribution is -2.17. The molecular formula is C24H32N2O4. The largest absolute Gasteiger partial charge is 0.463 e. The number of ether oxygens (including phenoxy) is 3.